The van der Waals surface area contributed by atoms with Crippen molar-refractivity contribution in [1.29, 1.82) is 0 Å². The minimum atomic E-state index is -3.39. The average molecular weight is 387 g/mol. The van der Waals surface area contributed by atoms with Crippen LogP contribution >= 0.6 is 0 Å². The number of guanidine groups is 1. The van der Waals surface area contributed by atoms with Crippen LogP contribution in [0, 0.1) is 0 Å². The van der Waals surface area contributed by atoms with E-state index in [2.05, 4.69) is 46.5 Å². The van der Waals surface area contributed by atoms with Crippen molar-refractivity contribution in [3.8, 4) is 0 Å². The Kier molecular flexibility index (Phi) is 7.01. The first kappa shape index (κ1) is 20.7. The highest BCUT2D eigenvalue weighted by molar-refractivity contribution is 7.88. The molecule has 1 aromatic rings. The molecule has 0 saturated carbocycles. The second-order valence-electron chi connectivity index (χ2n) is 7.28. The Bertz CT molecular complexity index is 673. The molecule has 0 aromatic carbocycles. The molecule has 1 saturated heterocycles. The van der Waals surface area contributed by atoms with Crippen LogP contribution in [0.5, 0.6) is 0 Å². The Hall–Kier alpha value is -1.65. The van der Waals surface area contributed by atoms with Crippen LogP contribution in [0.4, 0.5) is 0 Å². The minimum Gasteiger partial charge on any atom is -0.364 e. The van der Waals surface area contributed by atoms with Gasteiger partial charge in [0.15, 0.2) is 5.96 Å². The van der Waals surface area contributed by atoms with Gasteiger partial charge >= 0.3 is 0 Å². The largest absolute Gasteiger partial charge is 0.364 e. The zero-order valence-corrected chi connectivity index (χ0v) is 16.8. The van der Waals surface area contributed by atoms with Crippen LogP contribution in [-0.2, 0) is 15.8 Å². The van der Waals surface area contributed by atoms with Crippen LogP contribution in [0.25, 0.3) is 0 Å². The number of rotatable bonds is 6. The van der Waals surface area contributed by atoms with E-state index in [1.54, 1.807) is 13.1 Å². The minimum absolute atomic E-state index is 0.0784. The highest BCUT2D eigenvalue weighted by atomic mass is 32.2. The number of hydrogen-bond donors (Lipinski definition) is 2. The number of sulfonamides is 1. The summed E-state index contributed by atoms with van der Waals surface area (Å²) in [5, 5.41) is 10.4. The van der Waals surface area contributed by atoms with Crippen LogP contribution in [0.1, 0.15) is 26.5 Å². The summed E-state index contributed by atoms with van der Waals surface area (Å²) in [6.45, 7) is 10.0. The van der Waals surface area contributed by atoms with E-state index >= 15 is 0 Å². The maximum Gasteiger partial charge on any atom is 0.220 e. The van der Waals surface area contributed by atoms with Crippen molar-refractivity contribution in [2.24, 2.45) is 4.99 Å². The maximum atomic E-state index is 12.5. The van der Waals surface area contributed by atoms with Gasteiger partial charge in [-0.05, 0) is 20.8 Å². The zero-order valence-electron chi connectivity index (χ0n) is 16.0. The van der Waals surface area contributed by atoms with Crippen LogP contribution in [0.15, 0.2) is 21.8 Å². The fraction of sp³-hybridized carbons (Fsp3) is 0.750. The highest BCUT2D eigenvalue weighted by Gasteiger charge is 2.28. The quantitative estimate of drug-likeness (QED) is 0.406. The molecule has 0 aliphatic carbocycles. The van der Waals surface area contributed by atoms with Gasteiger partial charge in [0.1, 0.15) is 12.0 Å². The summed E-state index contributed by atoms with van der Waals surface area (Å²) in [5.74, 6) is 0.670. The number of aromatic nitrogens is 1. The monoisotopic (exact) mass is 386 g/mol. The molecule has 1 aliphatic rings. The van der Waals surface area contributed by atoms with E-state index in [-0.39, 0.29) is 11.3 Å². The van der Waals surface area contributed by atoms with E-state index in [1.165, 1.54) is 10.6 Å². The fourth-order valence-electron chi connectivity index (χ4n) is 2.71. The summed E-state index contributed by atoms with van der Waals surface area (Å²) in [6, 6.07) is 1.57. The van der Waals surface area contributed by atoms with Crippen molar-refractivity contribution < 1.29 is 12.9 Å². The zero-order chi connectivity index (χ0) is 19.2. The topological polar surface area (TPSA) is 103 Å². The van der Waals surface area contributed by atoms with Gasteiger partial charge in [-0.1, -0.05) is 5.16 Å². The lowest BCUT2D eigenvalue weighted by molar-refractivity contribution is 0.259. The molecule has 0 atom stereocenters. The average Bonchev–Trinajstić information content (AvgIpc) is 3.06. The number of hydrogen-bond acceptors (Lipinski definition) is 6. The van der Waals surface area contributed by atoms with Gasteiger partial charge in [0, 0.05) is 57.9 Å². The van der Waals surface area contributed by atoms with Crippen molar-refractivity contribution in [2.45, 2.75) is 32.1 Å². The lowest BCUT2D eigenvalue weighted by Gasteiger charge is -2.35. The van der Waals surface area contributed by atoms with Gasteiger partial charge in [-0.2, -0.15) is 4.31 Å². The Labute approximate surface area is 155 Å². The van der Waals surface area contributed by atoms with Gasteiger partial charge in [-0.25, -0.2) is 8.42 Å². The van der Waals surface area contributed by atoms with Crippen molar-refractivity contribution in [2.75, 3.05) is 46.3 Å². The molecule has 10 heteroatoms. The van der Waals surface area contributed by atoms with Gasteiger partial charge < -0.3 is 20.1 Å². The number of nitrogens with zero attached hydrogens (tertiary/aromatic N) is 4. The van der Waals surface area contributed by atoms with Crippen molar-refractivity contribution in [1.82, 2.24) is 25.0 Å². The molecule has 2 N–H and O–H groups in total. The third-order valence-corrected chi connectivity index (χ3v) is 5.84. The Morgan fingerprint density at radius 3 is 2.50 bits per heavy atom. The first-order chi connectivity index (χ1) is 12.2. The smallest absolute Gasteiger partial charge is 0.220 e. The van der Waals surface area contributed by atoms with Crippen molar-refractivity contribution >= 4 is 16.0 Å². The van der Waals surface area contributed by atoms with E-state index in [9.17, 15) is 8.42 Å². The summed E-state index contributed by atoms with van der Waals surface area (Å²) >= 11 is 0. The molecule has 2 heterocycles. The van der Waals surface area contributed by atoms with Gasteiger partial charge in [0.25, 0.3) is 0 Å². The van der Waals surface area contributed by atoms with Gasteiger partial charge in [-0.3, -0.25) is 4.99 Å². The Morgan fingerprint density at radius 1 is 1.27 bits per heavy atom. The van der Waals surface area contributed by atoms with Crippen molar-refractivity contribution in [3.05, 3.63) is 18.0 Å². The Morgan fingerprint density at radius 2 is 1.96 bits per heavy atom. The predicted molar refractivity (Wildman–Crippen MR) is 101 cm³/mol. The molecular weight excluding hydrogens is 356 g/mol. The van der Waals surface area contributed by atoms with Crippen LogP contribution in [0.2, 0.25) is 0 Å². The van der Waals surface area contributed by atoms with Gasteiger partial charge in [0.2, 0.25) is 10.0 Å². The standard InChI is InChI=1S/C16H30N6O3S/c1-16(2,3)19-7-6-18-15(17-4)21-8-10-22(11-9-21)26(23,24)13-14-5-12-25-20-14/h5,12,19H,6-11,13H2,1-4H3,(H,17,18). The second-order valence-corrected chi connectivity index (χ2v) is 9.25. The molecule has 0 unspecified atom stereocenters. The van der Waals surface area contributed by atoms with E-state index in [0.717, 1.165) is 19.0 Å². The van der Waals surface area contributed by atoms with E-state index < -0.39 is 10.0 Å². The molecule has 0 bridgehead atoms. The maximum absolute atomic E-state index is 12.5. The lowest BCUT2D eigenvalue weighted by Crippen LogP contribution is -2.54. The molecule has 1 aliphatic heterocycles. The van der Waals surface area contributed by atoms with Crippen molar-refractivity contribution in [3.63, 3.8) is 0 Å². The molecule has 1 fully saturated rings. The molecule has 148 valence electrons. The van der Waals surface area contributed by atoms with E-state index in [0.29, 0.717) is 31.9 Å². The fourth-order valence-corrected chi connectivity index (χ4v) is 4.14. The number of piperazine rings is 1. The van der Waals surface area contributed by atoms with E-state index in [4.69, 9.17) is 4.52 Å². The Balaban J connectivity index is 1.80. The first-order valence-corrected chi connectivity index (χ1v) is 10.4. The molecule has 1 aromatic heterocycles. The summed E-state index contributed by atoms with van der Waals surface area (Å²) < 4.78 is 31.2. The molecule has 26 heavy (non-hydrogen) atoms. The third kappa shape index (κ3) is 6.26. The van der Waals surface area contributed by atoms with Crippen LogP contribution in [-0.4, -0.2) is 80.6 Å². The summed E-state index contributed by atoms with van der Waals surface area (Å²) in [6.07, 6.45) is 1.38. The van der Waals surface area contributed by atoms with Crippen LogP contribution < -0.4 is 10.6 Å². The van der Waals surface area contributed by atoms with Gasteiger partial charge in [-0.15, -0.1) is 0 Å². The predicted octanol–water partition coefficient (Wildman–Crippen LogP) is 0.0855. The third-order valence-electron chi connectivity index (χ3n) is 4.03. The highest BCUT2D eigenvalue weighted by Crippen LogP contribution is 2.12. The van der Waals surface area contributed by atoms with Crippen LogP contribution in [0.3, 0.4) is 0 Å². The summed E-state index contributed by atoms with van der Waals surface area (Å²) in [7, 11) is -1.64. The lowest BCUT2D eigenvalue weighted by atomic mass is 10.1. The summed E-state index contributed by atoms with van der Waals surface area (Å²) in [4.78, 5) is 6.39. The SMILES string of the molecule is CN=C(NCCNC(C)(C)C)N1CCN(S(=O)(=O)Cc2ccon2)CC1. The molecule has 0 radical (unpaired) electrons. The molecule has 2 rings (SSSR count). The summed E-state index contributed by atoms with van der Waals surface area (Å²) in [5.41, 5.74) is 0.505. The normalized spacial score (nSPS) is 17.5. The number of aliphatic imine (C=N–C) groups is 1. The van der Waals surface area contributed by atoms with E-state index in [1.807, 2.05) is 0 Å². The molecule has 9 nitrogen and oxygen atoms in total. The first-order valence-electron chi connectivity index (χ1n) is 8.79. The molecular formula is C16H30N6O3S. The number of nitrogens with one attached hydrogen (secondary N) is 2. The second kappa shape index (κ2) is 8.83. The molecule has 0 spiro atoms. The molecule has 0 amide bonds. The van der Waals surface area contributed by atoms with Gasteiger partial charge in [0.05, 0.1) is 5.69 Å².